The van der Waals surface area contributed by atoms with Gasteiger partial charge in [0.1, 0.15) is 0 Å². The van der Waals surface area contributed by atoms with Crippen LogP contribution in [0, 0.1) is 0 Å². The molecule has 0 aromatic heterocycles. The van der Waals surface area contributed by atoms with Crippen LogP contribution in [-0.4, -0.2) is 53.9 Å². The van der Waals surface area contributed by atoms with Crippen LogP contribution in [0.15, 0.2) is 0 Å². The second-order valence-corrected chi connectivity index (χ2v) is 6.00. The summed E-state index contributed by atoms with van der Waals surface area (Å²) in [6, 6.07) is 0.935. The third-order valence-electron chi connectivity index (χ3n) is 4.11. The maximum absolute atomic E-state index is 3.50. The van der Waals surface area contributed by atoms with Gasteiger partial charge in [0.25, 0.3) is 0 Å². The van der Waals surface area contributed by atoms with Crippen molar-refractivity contribution < 1.29 is 0 Å². The predicted molar refractivity (Wildman–Crippen MR) is 73.3 cm³/mol. The van der Waals surface area contributed by atoms with Gasteiger partial charge in [-0.15, -0.1) is 0 Å². The van der Waals surface area contributed by atoms with E-state index in [4.69, 9.17) is 0 Å². The molecule has 16 heavy (non-hydrogen) atoms. The molecule has 0 atom stereocenters. The molecule has 1 saturated carbocycles. The highest BCUT2D eigenvalue weighted by molar-refractivity contribution is 9.09. The zero-order chi connectivity index (χ0) is 11.2. The molecule has 0 amide bonds. The van der Waals surface area contributed by atoms with Crippen molar-refractivity contribution in [2.75, 3.05) is 38.1 Å². The Balaban J connectivity index is 1.62. The zero-order valence-electron chi connectivity index (χ0n) is 10.3. The number of halogens is 1. The van der Waals surface area contributed by atoms with Crippen LogP contribution in [0.3, 0.4) is 0 Å². The third kappa shape index (κ3) is 3.71. The molecule has 2 nitrogen and oxygen atoms in total. The molecule has 0 radical (unpaired) electrons. The lowest BCUT2D eigenvalue weighted by molar-refractivity contribution is 0.0971. The number of alkyl halides is 1. The molecular formula is C13H25BrN2. The summed E-state index contributed by atoms with van der Waals surface area (Å²) in [5, 5.41) is 1.16. The lowest BCUT2D eigenvalue weighted by atomic mass is 10.1. The van der Waals surface area contributed by atoms with Gasteiger partial charge in [-0.1, -0.05) is 28.8 Å². The number of rotatable bonds is 5. The first-order valence-corrected chi connectivity index (χ1v) is 8.04. The van der Waals surface area contributed by atoms with Crippen molar-refractivity contribution in [1.29, 1.82) is 0 Å². The van der Waals surface area contributed by atoms with E-state index in [9.17, 15) is 0 Å². The fourth-order valence-electron chi connectivity index (χ4n) is 3.05. The Kier molecular flexibility index (Phi) is 5.60. The summed E-state index contributed by atoms with van der Waals surface area (Å²) >= 11 is 3.50. The maximum Gasteiger partial charge on any atom is 0.0113 e. The minimum Gasteiger partial charge on any atom is -0.301 e. The Labute approximate surface area is 108 Å². The monoisotopic (exact) mass is 288 g/mol. The van der Waals surface area contributed by atoms with Gasteiger partial charge in [0.05, 0.1) is 0 Å². The minimum absolute atomic E-state index is 0.935. The van der Waals surface area contributed by atoms with E-state index < -0.39 is 0 Å². The summed E-state index contributed by atoms with van der Waals surface area (Å²) in [4.78, 5) is 5.39. The van der Waals surface area contributed by atoms with Gasteiger partial charge in [-0.25, -0.2) is 0 Å². The fourth-order valence-corrected chi connectivity index (χ4v) is 3.45. The quantitative estimate of drug-likeness (QED) is 0.567. The SMILES string of the molecule is BrCCCCN1CCN(C2CCCC2)CC1. The molecular weight excluding hydrogens is 264 g/mol. The first-order chi connectivity index (χ1) is 7.90. The van der Waals surface area contributed by atoms with E-state index in [1.807, 2.05) is 0 Å². The molecule has 2 fully saturated rings. The lowest BCUT2D eigenvalue weighted by Gasteiger charge is -2.38. The fraction of sp³-hybridized carbons (Fsp3) is 1.00. The highest BCUT2D eigenvalue weighted by Crippen LogP contribution is 2.24. The van der Waals surface area contributed by atoms with Gasteiger partial charge in [-0.05, 0) is 32.2 Å². The molecule has 2 rings (SSSR count). The summed E-state index contributed by atoms with van der Waals surface area (Å²) in [6.45, 7) is 6.56. The Hall–Kier alpha value is 0.400. The van der Waals surface area contributed by atoms with E-state index in [1.165, 1.54) is 71.2 Å². The van der Waals surface area contributed by atoms with Crippen LogP contribution >= 0.6 is 15.9 Å². The molecule has 0 spiro atoms. The first-order valence-electron chi connectivity index (χ1n) is 6.92. The predicted octanol–water partition coefficient (Wildman–Crippen LogP) is 2.72. The number of nitrogens with zero attached hydrogens (tertiary/aromatic N) is 2. The normalized spacial score (nSPS) is 25.3. The van der Waals surface area contributed by atoms with Crippen molar-refractivity contribution in [3.05, 3.63) is 0 Å². The van der Waals surface area contributed by atoms with E-state index in [0.29, 0.717) is 0 Å². The second-order valence-electron chi connectivity index (χ2n) is 5.21. The van der Waals surface area contributed by atoms with Gasteiger partial charge >= 0.3 is 0 Å². The number of hydrogen-bond donors (Lipinski definition) is 0. The van der Waals surface area contributed by atoms with Crippen LogP contribution < -0.4 is 0 Å². The van der Waals surface area contributed by atoms with E-state index >= 15 is 0 Å². The van der Waals surface area contributed by atoms with E-state index in [-0.39, 0.29) is 0 Å². The maximum atomic E-state index is 3.50. The molecule has 1 aliphatic carbocycles. The molecule has 0 N–H and O–H groups in total. The van der Waals surface area contributed by atoms with Crippen LogP contribution in [0.2, 0.25) is 0 Å². The summed E-state index contributed by atoms with van der Waals surface area (Å²) in [7, 11) is 0. The Bertz CT molecular complexity index is 184. The summed E-state index contributed by atoms with van der Waals surface area (Å²) in [5.41, 5.74) is 0. The van der Waals surface area contributed by atoms with Crippen molar-refractivity contribution in [2.45, 2.75) is 44.6 Å². The molecule has 1 saturated heterocycles. The number of piperazine rings is 1. The van der Waals surface area contributed by atoms with Gasteiger partial charge in [0, 0.05) is 37.6 Å². The van der Waals surface area contributed by atoms with Crippen molar-refractivity contribution in [1.82, 2.24) is 9.80 Å². The summed E-state index contributed by atoms with van der Waals surface area (Å²) in [5.74, 6) is 0. The largest absolute Gasteiger partial charge is 0.301 e. The van der Waals surface area contributed by atoms with Crippen LogP contribution in [-0.2, 0) is 0 Å². The average molecular weight is 289 g/mol. The molecule has 94 valence electrons. The highest BCUT2D eigenvalue weighted by Gasteiger charge is 2.25. The zero-order valence-corrected chi connectivity index (χ0v) is 11.9. The van der Waals surface area contributed by atoms with Gasteiger partial charge in [0.2, 0.25) is 0 Å². The first kappa shape index (κ1) is 12.8. The number of unbranched alkanes of at least 4 members (excludes halogenated alkanes) is 1. The van der Waals surface area contributed by atoms with Crippen LogP contribution in [0.4, 0.5) is 0 Å². The smallest absolute Gasteiger partial charge is 0.0113 e. The van der Waals surface area contributed by atoms with E-state index in [1.54, 1.807) is 0 Å². The Morgan fingerprint density at radius 3 is 2.25 bits per heavy atom. The Morgan fingerprint density at radius 1 is 0.938 bits per heavy atom. The number of hydrogen-bond acceptors (Lipinski definition) is 2. The van der Waals surface area contributed by atoms with E-state index in [2.05, 4.69) is 25.7 Å². The molecule has 2 aliphatic rings. The molecule has 0 aromatic carbocycles. The molecule has 1 heterocycles. The van der Waals surface area contributed by atoms with Crippen LogP contribution in [0.25, 0.3) is 0 Å². The summed E-state index contributed by atoms with van der Waals surface area (Å²) in [6.07, 6.45) is 8.54. The van der Waals surface area contributed by atoms with Crippen molar-refractivity contribution in [3.63, 3.8) is 0 Å². The van der Waals surface area contributed by atoms with Gasteiger partial charge in [-0.3, -0.25) is 4.90 Å². The summed E-state index contributed by atoms with van der Waals surface area (Å²) < 4.78 is 0. The topological polar surface area (TPSA) is 6.48 Å². The minimum atomic E-state index is 0.935. The molecule has 1 aliphatic heterocycles. The second kappa shape index (κ2) is 6.97. The molecule has 0 bridgehead atoms. The molecule has 0 unspecified atom stereocenters. The van der Waals surface area contributed by atoms with Gasteiger partial charge < -0.3 is 4.90 Å². The van der Waals surface area contributed by atoms with E-state index in [0.717, 1.165) is 11.4 Å². The standard InChI is InChI=1S/C13H25BrN2/c14-7-3-4-8-15-9-11-16(12-10-15)13-5-1-2-6-13/h13H,1-12H2. The molecule has 0 aromatic rings. The third-order valence-corrected chi connectivity index (χ3v) is 4.67. The van der Waals surface area contributed by atoms with Gasteiger partial charge in [-0.2, -0.15) is 0 Å². The molecule has 3 heteroatoms. The van der Waals surface area contributed by atoms with Gasteiger partial charge in [0.15, 0.2) is 0 Å². The van der Waals surface area contributed by atoms with Crippen molar-refractivity contribution in [2.24, 2.45) is 0 Å². The van der Waals surface area contributed by atoms with Crippen molar-refractivity contribution in [3.8, 4) is 0 Å². The van der Waals surface area contributed by atoms with Crippen LogP contribution in [0.1, 0.15) is 38.5 Å². The average Bonchev–Trinajstić information content (AvgIpc) is 2.84. The Morgan fingerprint density at radius 2 is 1.62 bits per heavy atom. The lowest BCUT2D eigenvalue weighted by Crippen LogP contribution is -2.49. The van der Waals surface area contributed by atoms with Crippen LogP contribution in [0.5, 0.6) is 0 Å². The van der Waals surface area contributed by atoms with Crippen molar-refractivity contribution >= 4 is 15.9 Å². The highest BCUT2D eigenvalue weighted by atomic mass is 79.9.